The molecule has 0 aromatic carbocycles. The Morgan fingerprint density at radius 1 is 1.14 bits per heavy atom. The summed E-state index contributed by atoms with van der Waals surface area (Å²) in [6.07, 6.45) is 19.3. The zero-order chi connectivity index (χ0) is 31.1. The fraction of sp³-hybridized carbons (Fsp3) is 0.471. The number of hydrogen-bond acceptors (Lipinski definition) is 5. The van der Waals surface area contributed by atoms with E-state index in [9.17, 15) is 9.59 Å². The van der Waals surface area contributed by atoms with E-state index >= 15 is 0 Å². The summed E-state index contributed by atoms with van der Waals surface area (Å²) in [6, 6.07) is 1.79. The number of aryl methyl sites for hydroxylation is 2. The molecule has 3 N–H and O–H groups in total. The highest BCUT2D eigenvalue weighted by Crippen LogP contribution is 2.45. The Kier molecular flexibility index (Phi) is 10.7. The lowest BCUT2D eigenvalue weighted by Gasteiger charge is -2.45. The zero-order valence-corrected chi connectivity index (χ0v) is 27.3. The number of nitrogens with one attached hydrogen (secondary N) is 3. The molecule has 1 aliphatic carbocycles. The number of nitrogens with zero attached hydrogens (tertiary/aromatic N) is 3. The average Bonchev–Trinajstić information content (AvgIpc) is 3.51. The molecule has 230 valence electrons. The van der Waals surface area contributed by atoms with Gasteiger partial charge in [0.1, 0.15) is 4.64 Å². The molecule has 2 fully saturated rings. The number of likely N-dealkylation sites (tertiary alicyclic amines) is 1. The van der Waals surface area contributed by atoms with Gasteiger partial charge in [-0.3, -0.25) is 29.3 Å². The minimum Gasteiger partial charge on any atom is -0.324 e. The summed E-state index contributed by atoms with van der Waals surface area (Å²) in [5.74, 6) is -0.292. The zero-order valence-electron chi connectivity index (χ0n) is 26.5. The van der Waals surface area contributed by atoms with E-state index in [1.54, 1.807) is 12.3 Å². The van der Waals surface area contributed by atoms with Crippen LogP contribution in [0.25, 0.3) is 5.57 Å². The molecule has 2 aromatic rings. The molecule has 1 spiro atoms. The maximum absolute atomic E-state index is 13.7. The molecule has 3 heterocycles. The number of amides is 2. The number of H-pyrrole nitrogens is 1. The highest BCUT2D eigenvalue weighted by atomic mass is 32.1. The van der Waals surface area contributed by atoms with E-state index in [0.717, 1.165) is 48.1 Å². The van der Waals surface area contributed by atoms with Crippen LogP contribution in [-0.2, 0) is 16.6 Å². The van der Waals surface area contributed by atoms with Gasteiger partial charge in [-0.05, 0) is 96.1 Å². The monoisotopic (exact) mass is 602 g/mol. The van der Waals surface area contributed by atoms with E-state index in [2.05, 4.69) is 38.6 Å². The van der Waals surface area contributed by atoms with Crippen molar-refractivity contribution in [3.63, 3.8) is 0 Å². The Morgan fingerprint density at radius 2 is 1.88 bits per heavy atom. The fourth-order valence-corrected chi connectivity index (χ4v) is 6.21. The predicted octanol–water partition coefficient (Wildman–Crippen LogP) is 7.40. The second-order valence-electron chi connectivity index (χ2n) is 12.1. The van der Waals surface area contributed by atoms with Gasteiger partial charge >= 0.3 is 0 Å². The highest BCUT2D eigenvalue weighted by molar-refractivity contribution is 7.71. The number of anilines is 2. The van der Waals surface area contributed by atoms with Crippen molar-refractivity contribution in [2.45, 2.75) is 85.1 Å². The number of unbranched alkanes of at least 4 members (excludes halogenated alkanes) is 1. The lowest BCUT2D eigenvalue weighted by Crippen LogP contribution is -2.51. The van der Waals surface area contributed by atoms with Crippen LogP contribution in [0.3, 0.4) is 0 Å². The average molecular weight is 603 g/mol. The molecule has 2 aliphatic rings. The molecule has 1 aliphatic heterocycles. The molecule has 1 saturated heterocycles. The van der Waals surface area contributed by atoms with Crippen LogP contribution in [-0.4, -0.2) is 50.1 Å². The Bertz CT molecular complexity index is 1530. The summed E-state index contributed by atoms with van der Waals surface area (Å²) < 4.78 is 2.51. The third-order valence-electron chi connectivity index (χ3n) is 8.52. The van der Waals surface area contributed by atoms with Crippen LogP contribution in [0, 0.1) is 11.6 Å². The second-order valence-corrected chi connectivity index (χ2v) is 12.5. The molecular weight excluding hydrogens is 556 g/mol. The van der Waals surface area contributed by atoms with Crippen molar-refractivity contribution >= 4 is 41.0 Å². The van der Waals surface area contributed by atoms with E-state index < -0.39 is 0 Å². The van der Waals surface area contributed by atoms with Gasteiger partial charge in [0.2, 0.25) is 5.91 Å². The summed E-state index contributed by atoms with van der Waals surface area (Å²) in [5.41, 5.74) is 6.54. The molecular formula is C34H46N6O2S. The van der Waals surface area contributed by atoms with Crippen LogP contribution in [0.5, 0.6) is 0 Å². The van der Waals surface area contributed by atoms with Crippen molar-refractivity contribution in [3.05, 3.63) is 75.4 Å². The van der Waals surface area contributed by atoms with E-state index in [-0.39, 0.29) is 17.4 Å². The molecule has 4 rings (SSSR count). The van der Waals surface area contributed by atoms with Crippen LogP contribution in [0.2, 0.25) is 0 Å². The Hall–Kier alpha value is -3.56. The molecule has 9 heteroatoms. The maximum atomic E-state index is 13.7. The SMILES string of the molecule is CCC/C=C/C(=C\C(/C=C(\C)c1cn(C)[nH]c1=S)=C(C)C)C(=O)Nc1cc(NC(=O)CN2CCCC23CCC3)cnc1C. The third-order valence-corrected chi connectivity index (χ3v) is 8.84. The van der Waals surface area contributed by atoms with Gasteiger partial charge in [-0.25, -0.2) is 0 Å². The molecule has 43 heavy (non-hydrogen) atoms. The largest absolute Gasteiger partial charge is 0.324 e. The molecule has 0 bridgehead atoms. The summed E-state index contributed by atoms with van der Waals surface area (Å²) in [7, 11) is 1.91. The van der Waals surface area contributed by atoms with Crippen LogP contribution in [0.4, 0.5) is 11.4 Å². The predicted molar refractivity (Wildman–Crippen MR) is 178 cm³/mol. The summed E-state index contributed by atoms with van der Waals surface area (Å²) in [4.78, 5) is 33.5. The van der Waals surface area contributed by atoms with Gasteiger partial charge in [-0.2, -0.15) is 0 Å². The smallest absolute Gasteiger partial charge is 0.255 e. The topological polar surface area (TPSA) is 95.0 Å². The quantitative estimate of drug-likeness (QED) is 0.142. The fourth-order valence-electron chi connectivity index (χ4n) is 5.85. The molecule has 0 radical (unpaired) electrons. The van der Waals surface area contributed by atoms with Gasteiger partial charge in [0.25, 0.3) is 5.91 Å². The van der Waals surface area contributed by atoms with Gasteiger partial charge in [-0.1, -0.05) is 49.4 Å². The van der Waals surface area contributed by atoms with Crippen molar-refractivity contribution in [2.75, 3.05) is 23.7 Å². The first-order valence-corrected chi connectivity index (χ1v) is 15.7. The molecule has 1 saturated carbocycles. The minimum atomic E-state index is -0.244. The first-order chi connectivity index (χ1) is 20.5. The van der Waals surface area contributed by atoms with Crippen molar-refractivity contribution < 1.29 is 9.59 Å². The first-order valence-electron chi connectivity index (χ1n) is 15.3. The standard InChI is InChI=1S/C34H46N6O2S/c1-7-8-9-12-26(18-27(23(2)3)17-24(4)29-21-39(6)38-33(29)43)32(42)37-30-19-28(20-35-25(30)5)36-31(41)22-40-16-11-15-34(40)13-10-14-34/h9,12,17-21H,7-8,10-11,13-16,22H2,1-6H3,(H,36,41)(H,37,42)(H,38,43)/b12-9+,24-17+,26-18+. The maximum Gasteiger partial charge on any atom is 0.255 e. The highest BCUT2D eigenvalue weighted by Gasteiger charge is 2.45. The van der Waals surface area contributed by atoms with Gasteiger partial charge in [0.15, 0.2) is 0 Å². The van der Waals surface area contributed by atoms with Gasteiger partial charge in [0, 0.05) is 29.9 Å². The number of allylic oxidation sites excluding steroid dienone is 6. The summed E-state index contributed by atoms with van der Waals surface area (Å²) >= 11 is 5.48. The lowest BCUT2D eigenvalue weighted by molar-refractivity contribution is -0.119. The second kappa shape index (κ2) is 14.3. The minimum absolute atomic E-state index is 0.0483. The van der Waals surface area contributed by atoms with Crippen molar-refractivity contribution in [1.82, 2.24) is 19.7 Å². The van der Waals surface area contributed by atoms with E-state index in [1.807, 2.05) is 63.8 Å². The molecule has 0 atom stereocenters. The van der Waals surface area contributed by atoms with Gasteiger partial charge in [-0.15, -0.1) is 0 Å². The number of carbonyl (C=O) groups excluding carboxylic acids is 2. The van der Waals surface area contributed by atoms with Crippen LogP contribution >= 0.6 is 12.2 Å². The molecule has 2 amide bonds. The molecule has 2 aromatic heterocycles. The van der Waals surface area contributed by atoms with E-state index in [1.165, 1.54) is 25.7 Å². The van der Waals surface area contributed by atoms with Crippen molar-refractivity contribution in [2.24, 2.45) is 7.05 Å². The third kappa shape index (κ3) is 8.09. The van der Waals surface area contributed by atoms with Crippen LogP contribution < -0.4 is 10.6 Å². The lowest BCUT2D eigenvalue weighted by atomic mass is 9.75. The number of rotatable bonds is 11. The number of pyridine rings is 1. The number of aromatic nitrogens is 3. The van der Waals surface area contributed by atoms with Gasteiger partial charge in [0.05, 0.1) is 29.8 Å². The number of aromatic amines is 1. The first kappa shape index (κ1) is 32.4. The Labute approximate surface area is 261 Å². The van der Waals surface area contributed by atoms with Crippen LogP contribution in [0.15, 0.2) is 59.5 Å². The molecule has 0 unspecified atom stereocenters. The van der Waals surface area contributed by atoms with E-state index in [4.69, 9.17) is 12.2 Å². The van der Waals surface area contributed by atoms with Crippen LogP contribution in [0.1, 0.15) is 83.9 Å². The van der Waals surface area contributed by atoms with Crippen molar-refractivity contribution in [1.29, 1.82) is 0 Å². The Morgan fingerprint density at radius 3 is 2.51 bits per heavy atom. The Balaban J connectivity index is 1.53. The van der Waals surface area contributed by atoms with Gasteiger partial charge < -0.3 is 10.6 Å². The van der Waals surface area contributed by atoms with Crippen molar-refractivity contribution in [3.8, 4) is 0 Å². The summed E-state index contributed by atoms with van der Waals surface area (Å²) in [5, 5.41) is 9.16. The normalized spacial score (nSPS) is 16.9. The summed E-state index contributed by atoms with van der Waals surface area (Å²) in [6.45, 7) is 11.4. The van der Waals surface area contributed by atoms with E-state index in [0.29, 0.717) is 33.8 Å². The number of hydrogen-bond donors (Lipinski definition) is 3. The number of carbonyl (C=O) groups is 2. The molecule has 8 nitrogen and oxygen atoms in total.